The molecule has 2 N–H and O–H groups in total. The first-order chi connectivity index (χ1) is 24.5. The van der Waals surface area contributed by atoms with Gasteiger partial charge in [0.05, 0.1) is 15.3 Å². The van der Waals surface area contributed by atoms with Crippen LogP contribution >= 0.6 is 22.9 Å². The van der Waals surface area contributed by atoms with Crippen LogP contribution in [-0.4, -0.2) is 67.1 Å². The van der Waals surface area contributed by atoms with E-state index in [0.717, 1.165) is 66.2 Å². The number of benzene rings is 3. The van der Waals surface area contributed by atoms with E-state index in [4.69, 9.17) is 22.1 Å². The second kappa shape index (κ2) is 14.9. The average molecular weight is 786 g/mol. The van der Waals surface area contributed by atoms with E-state index >= 15 is 8.78 Å². The van der Waals surface area contributed by atoms with Crippen molar-refractivity contribution in [2.24, 2.45) is 5.73 Å². The molecule has 1 aromatic heterocycles. The Hall–Kier alpha value is -3.83. The van der Waals surface area contributed by atoms with Crippen molar-refractivity contribution in [3.8, 4) is 16.2 Å². The minimum atomic E-state index is -5.82. The summed E-state index contributed by atoms with van der Waals surface area (Å²) in [4.78, 5) is 31.4. The first-order valence-electron chi connectivity index (χ1n) is 16.4. The summed E-state index contributed by atoms with van der Waals surface area (Å²) in [5.41, 5.74) is 5.45. The van der Waals surface area contributed by atoms with E-state index in [1.54, 1.807) is 24.3 Å². The smallest absolute Gasteiger partial charge is 0.490 e. The van der Waals surface area contributed by atoms with Crippen LogP contribution in [0.5, 0.6) is 5.75 Å². The number of sulfonamides is 1. The van der Waals surface area contributed by atoms with E-state index in [2.05, 4.69) is 4.84 Å². The molecule has 2 aliphatic rings. The number of hydrogen-bond acceptors (Lipinski definition) is 8. The quantitative estimate of drug-likeness (QED) is 0.130. The van der Waals surface area contributed by atoms with E-state index in [1.165, 1.54) is 24.3 Å². The number of alkyl halides is 5. The van der Waals surface area contributed by atoms with Crippen molar-refractivity contribution in [1.82, 2.24) is 9.37 Å². The molecule has 1 aliphatic heterocycles. The number of rotatable bonds is 10. The molecule has 2 heterocycles. The number of carbonyl (C=O) groups excluding carboxylic acids is 2. The van der Waals surface area contributed by atoms with Gasteiger partial charge in [0.15, 0.2) is 0 Å². The minimum Gasteiger partial charge on any atom is -0.490 e. The molecule has 0 spiro atoms. The Balaban J connectivity index is 1.44. The van der Waals surface area contributed by atoms with Crippen molar-refractivity contribution in [2.75, 3.05) is 13.1 Å². The van der Waals surface area contributed by atoms with Gasteiger partial charge in [-0.05, 0) is 95.7 Å². The predicted molar refractivity (Wildman–Crippen MR) is 184 cm³/mol. The highest BCUT2D eigenvalue weighted by molar-refractivity contribution is 7.89. The van der Waals surface area contributed by atoms with Gasteiger partial charge < -0.3 is 20.2 Å². The van der Waals surface area contributed by atoms with Gasteiger partial charge >= 0.3 is 18.1 Å². The maximum atomic E-state index is 16.9. The topological polar surface area (TPSA) is 119 Å². The number of halogens is 6. The highest BCUT2D eigenvalue weighted by Gasteiger charge is 2.58. The van der Waals surface area contributed by atoms with Crippen LogP contribution in [0.1, 0.15) is 44.1 Å². The Kier molecular flexibility index (Phi) is 10.9. The molecule has 9 nitrogen and oxygen atoms in total. The third-order valence-corrected chi connectivity index (χ3v) is 12.0. The zero-order valence-electron chi connectivity index (χ0n) is 27.3. The van der Waals surface area contributed by atoms with E-state index in [9.17, 15) is 31.2 Å². The summed E-state index contributed by atoms with van der Waals surface area (Å²) in [6.45, 7) is -0.403. The van der Waals surface area contributed by atoms with Crippen LogP contribution in [-0.2, 0) is 30.4 Å². The molecular formula is C35H33ClF5N3O6S2. The lowest BCUT2D eigenvalue weighted by Crippen LogP contribution is -2.60. The number of likely N-dealkylation sites (tertiary alicyclic amines) is 1. The molecule has 3 aromatic carbocycles. The van der Waals surface area contributed by atoms with E-state index in [1.807, 2.05) is 0 Å². The normalized spacial score (nSPS) is 17.1. The molecule has 2 fully saturated rings. The number of fused-ring (bicyclic) bond motifs is 1. The maximum absolute atomic E-state index is 16.9. The summed E-state index contributed by atoms with van der Waals surface area (Å²) in [6, 6.07) is 11.9. The van der Waals surface area contributed by atoms with Crippen molar-refractivity contribution < 1.29 is 49.5 Å². The number of amides is 1. The van der Waals surface area contributed by atoms with Crippen LogP contribution in [0.4, 0.5) is 22.0 Å². The lowest BCUT2D eigenvalue weighted by molar-refractivity contribution is -0.239. The summed E-state index contributed by atoms with van der Waals surface area (Å²) >= 11 is 7.16. The fraction of sp³-hybridized carbons (Fsp3) is 0.371. The van der Waals surface area contributed by atoms with Crippen molar-refractivity contribution in [3.63, 3.8) is 0 Å². The highest BCUT2D eigenvalue weighted by Crippen LogP contribution is 2.41. The number of nitrogens with two attached hydrogens (primary N) is 1. The van der Waals surface area contributed by atoms with Crippen molar-refractivity contribution >= 4 is 55.6 Å². The summed E-state index contributed by atoms with van der Waals surface area (Å²) in [5.74, 6) is -8.75. The Morgan fingerprint density at radius 2 is 1.52 bits per heavy atom. The van der Waals surface area contributed by atoms with E-state index in [0.29, 0.717) is 25.9 Å². The number of carbonyl (C=O) groups is 2. The van der Waals surface area contributed by atoms with Gasteiger partial charge in [-0.1, -0.05) is 48.0 Å². The monoisotopic (exact) mass is 785 g/mol. The van der Waals surface area contributed by atoms with Crippen LogP contribution in [0.15, 0.2) is 77.7 Å². The molecule has 1 amide bonds. The molecule has 1 saturated heterocycles. The number of piperidine rings is 1. The Morgan fingerprint density at radius 3 is 2.13 bits per heavy atom. The van der Waals surface area contributed by atoms with Gasteiger partial charge in [0.1, 0.15) is 5.75 Å². The molecule has 17 heteroatoms. The molecule has 0 radical (unpaired) electrons. The Labute approximate surface area is 305 Å². The van der Waals surface area contributed by atoms with Gasteiger partial charge in [-0.25, -0.2) is 13.2 Å². The molecule has 1 atom stereocenters. The fourth-order valence-corrected chi connectivity index (χ4v) is 8.70. The van der Waals surface area contributed by atoms with Crippen LogP contribution in [0.2, 0.25) is 4.34 Å². The SMILES string of the molecule is NC1CCN(C(=O)[C@@H](N(OC(=O)C(F)(F)F)S(=O)(=O)c2ccc3cc(OC4CCCC4)ccc3c2)C(F)(F)c2ccc(-c3ccc(Cl)s3)cc2)CC1. The first-order valence-corrected chi connectivity index (χ1v) is 19.0. The summed E-state index contributed by atoms with van der Waals surface area (Å²) in [6.07, 6.45) is -1.70. The summed E-state index contributed by atoms with van der Waals surface area (Å²) in [7, 11) is -5.62. The van der Waals surface area contributed by atoms with Crippen molar-refractivity contribution in [2.45, 2.75) is 73.7 Å². The van der Waals surface area contributed by atoms with Gasteiger partial charge in [0, 0.05) is 29.6 Å². The van der Waals surface area contributed by atoms with Crippen molar-refractivity contribution in [3.05, 3.63) is 82.7 Å². The summed E-state index contributed by atoms with van der Waals surface area (Å²) < 4.78 is 109. The third kappa shape index (κ3) is 8.05. The maximum Gasteiger partial charge on any atom is 0.492 e. The van der Waals surface area contributed by atoms with E-state index in [-0.39, 0.29) is 37.4 Å². The lowest BCUT2D eigenvalue weighted by Gasteiger charge is -2.38. The number of thiophene rings is 1. The highest BCUT2D eigenvalue weighted by atomic mass is 35.5. The second-order valence-electron chi connectivity index (χ2n) is 12.7. The number of nitrogens with zero attached hydrogens (tertiary/aromatic N) is 2. The molecule has 6 rings (SSSR count). The van der Waals surface area contributed by atoms with Gasteiger partial charge in [-0.3, -0.25) is 4.79 Å². The largest absolute Gasteiger partial charge is 0.492 e. The minimum absolute atomic E-state index is 0.0196. The molecule has 1 saturated carbocycles. The standard InChI is InChI=1S/C35H33ClF5N3O6S2/c36-30-14-13-29(51-30)21-5-9-24(10-6-21)34(37,38)31(32(45)43-17-15-25(42)16-18-43)44(50-33(46)35(39,40)41)52(47,48)28-12-8-22-19-27(11-7-23(22)20-28)49-26-3-1-2-4-26/h5-14,19-20,25-26,31H,1-4,15-18,42H2/t31-/m1/s1. The average Bonchev–Trinajstić information content (AvgIpc) is 3.79. The van der Waals surface area contributed by atoms with Crippen LogP contribution < -0.4 is 10.5 Å². The predicted octanol–water partition coefficient (Wildman–Crippen LogP) is 7.66. The molecular weight excluding hydrogens is 753 g/mol. The molecule has 4 aromatic rings. The van der Waals surface area contributed by atoms with Crippen molar-refractivity contribution in [1.29, 1.82) is 0 Å². The van der Waals surface area contributed by atoms with Gasteiger partial charge in [-0.2, -0.15) is 22.0 Å². The number of ether oxygens (including phenoxy) is 1. The number of hydrogen-bond donors (Lipinski definition) is 1. The van der Waals surface area contributed by atoms with Gasteiger partial charge in [0.25, 0.3) is 15.9 Å². The molecule has 0 unspecified atom stereocenters. The third-order valence-electron chi connectivity index (χ3n) is 9.09. The van der Waals surface area contributed by atoms with E-state index < -0.39 is 61.0 Å². The van der Waals surface area contributed by atoms with Gasteiger partial charge in [-0.15, -0.1) is 11.3 Å². The summed E-state index contributed by atoms with van der Waals surface area (Å²) in [5, 5.41) is 0.730. The Morgan fingerprint density at radius 1 is 0.885 bits per heavy atom. The fourth-order valence-electron chi connectivity index (χ4n) is 6.27. The number of hydroxylamine groups is 1. The zero-order valence-corrected chi connectivity index (χ0v) is 29.7. The first kappa shape index (κ1) is 37.9. The molecule has 278 valence electrons. The molecule has 52 heavy (non-hydrogen) atoms. The molecule has 0 bridgehead atoms. The van der Waals surface area contributed by atoms with Crippen LogP contribution in [0, 0.1) is 0 Å². The zero-order chi connectivity index (χ0) is 37.4. The van der Waals surface area contributed by atoms with Crippen LogP contribution in [0.3, 0.4) is 0 Å². The van der Waals surface area contributed by atoms with Gasteiger partial charge in [0.2, 0.25) is 6.04 Å². The Bertz CT molecular complexity index is 2050. The second-order valence-corrected chi connectivity index (χ2v) is 16.2. The molecule has 1 aliphatic carbocycles. The lowest BCUT2D eigenvalue weighted by atomic mass is 9.97. The van der Waals surface area contributed by atoms with Crippen LogP contribution in [0.25, 0.3) is 21.2 Å².